The molecule has 0 aliphatic carbocycles. The lowest BCUT2D eigenvalue weighted by Crippen LogP contribution is -2.14. The number of methoxy groups -OCH3 is 1. The number of hydrogen-bond donors (Lipinski definition) is 2. The van der Waals surface area contributed by atoms with Crippen molar-refractivity contribution in [1.29, 1.82) is 0 Å². The van der Waals surface area contributed by atoms with E-state index in [1.165, 1.54) is 0 Å². The van der Waals surface area contributed by atoms with Crippen molar-refractivity contribution >= 4 is 28.2 Å². The fourth-order valence-electron chi connectivity index (χ4n) is 3.43. The topological polar surface area (TPSA) is 73.6 Å². The Hall–Kier alpha value is -3.99. The van der Waals surface area contributed by atoms with Gasteiger partial charge in [0.05, 0.1) is 12.8 Å². The van der Waals surface area contributed by atoms with Gasteiger partial charge in [0.25, 0.3) is 0 Å². The standard InChI is InChI=1S/C25H22N2O3/c1-29-19-12-13-21(22(26)15-19)24-20-10-6-5-9-18(20)11-14-23(24)27-25(28)30-16-17-7-3-2-4-8-17/h2-15H,16,26H2,1H3,(H,27,28). The lowest BCUT2D eigenvalue weighted by molar-refractivity contribution is 0.155. The molecule has 0 aliphatic heterocycles. The first-order valence-electron chi connectivity index (χ1n) is 9.59. The minimum atomic E-state index is -0.525. The van der Waals surface area contributed by atoms with Gasteiger partial charge in [-0.05, 0) is 34.5 Å². The van der Waals surface area contributed by atoms with Gasteiger partial charge in [0.1, 0.15) is 12.4 Å². The van der Waals surface area contributed by atoms with E-state index in [-0.39, 0.29) is 6.61 Å². The van der Waals surface area contributed by atoms with Crippen LogP contribution in [0.25, 0.3) is 21.9 Å². The highest BCUT2D eigenvalue weighted by atomic mass is 16.5. The van der Waals surface area contributed by atoms with Crippen molar-refractivity contribution in [3.05, 3.63) is 90.5 Å². The maximum atomic E-state index is 12.5. The van der Waals surface area contributed by atoms with Crippen LogP contribution in [-0.2, 0) is 11.3 Å². The summed E-state index contributed by atoms with van der Waals surface area (Å²) in [6.07, 6.45) is -0.525. The molecule has 4 aromatic rings. The molecule has 5 nitrogen and oxygen atoms in total. The number of rotatable bonds is 5. The van der Waals surface area contributed by atoms with Gasteiger partial charge in [-0.1, -0.05) is 60.7 Å². The molecule has 150 valence electrons. The van der Waals surface area contributed by atoms with Crippen molar-refractivity contribution in [3.8, 4) is 16.9 Å². The molecule has 0 aliphatic rings. The Bertz CT molecular complexity index is 1190. The van der Waals surface area contributed by atoms with E-state index in [0.717, 1.165) is 27.5 Å². The first-order chi connectivity index (χ1) is 14.7. The number of nitrogen functional groups attached to an aromatic ring is 1. The number of anilines is 2. The van der Waals surface area contributed by atoms with E-state index in [1.54, 1.807) is 13.2 Å². The number of amides is 1. The molecule has 0 radical (unpaired) electrons. The summed E-state index contributed by atoms with van der Waals surface area (Å²) in [5, 5.41) is 4.91. The van der Waals surface area contributed by atoms with E-state index in [9.17, 15) is 4.79 Å². The third kappa shape index (κ3) is 4.05. The van der Waals surface area contributed by atoms with E-state index in [2.05, 4.69) is 5.32 Å². The molecule has 0 spiro atoms. The van der Waals surface area contributed by atoms with Gasteiger partial charge in [-0.15, -0.1) is 0 Å². The highest BCUT2D eigenvalue weighted by Gasteiger charge is 2.16. The first kappa shape index (κ1) is 19.3. The fraction of sp³-hybridized carbons (Fsp3) is 0.0800. The normalized spacial score (nSPS) is 10.6. The Labute approximate surface area is 175 Å². The number of hydrogen-bond acceptors (Lipinski definition) is 4. The minimum Gasteiger partial charge on any atom is -0.497 e. The van der Waals surface area contributed by atoms with Gasteiger partial charge in [0, 0.05) is 22.9 Å². The summed E-state index contributed by atoms with van der Waals surface area (Å²) < 4.78 is 10.7. The Balaban J connectivity index is 1.69. The summed E-state index contributed by atoms with van der Waals surface area (Å²) in [5.41, 5.74) is 10.1. The molecule has 4 aromatic carbocycles. The van der Waals surface area contributed by atoms with Crippen LogP contribution in [-0.4, -0.2) is 13.2 Å². The number of benzene rings is 4. The summed E-state index contributed by atoms with van der Waals surface area (Å²) in [7, 11) is 1.60. The van der Waals surface area contributed by atoms with Crippen molar-refractivity contribution in [3.63, 3.8) is 0 Å². The third-order valence-electron chi connectivity index (χ3n) is 4.91. The Morgan fingerprint density at radius 2 is 1.70 bits per heavy atom. The summed E-state index contributed by atoms with van der Waals surface area (Å²) in [6.45, 7) is 0.195. The third-order valence-corrected chi connectivity index (χ3v) is 4.91. The molecule has 0 fully saturated rings. The predicted molar refractivity (Wildman–Crippen MR) is 121 cm³/mol. The highest BCUT2D eigenvalue weighted by Crippen LogP contribution is 2.39. The first-order valence-corrected chi connectivity index (χ1v) is 9.59. The lowest BCUT2D eigenvalue weighted by atomic mass is 9.95. The highest BCUT2D eigenvalue weighted by molar-refractivity contribution is 6.07. The molecular formula is C25H22N2O3. The number of ether oxygens (including phenoxy) is 2. The van der Waals surface area contributed by atoms with Gasteiger partial charge in [-0.2, -0.15) is 0 Å². The van der Waals surface area contributed by atoms with Crippen LogP contribution in [0.3, 0.4) is 0 Å². The van der Waals surface area contributed by atoms with Crippen LogP contribution in [0.2, 0.25) is 0 Å². The van der Waals surface area contributed by atoms with E-state index < -0.39 is 6.09 Å². The predicted octanol–water partition coefficient (Wildman–Crippen LogP) is 5.85. The summed E-state index contributed by atoms with van der Waals surface area (Å²) in [6, 6.07) is 26.9. The second-order valence-electron chi connectivity index (χ2n) is 6.85. The fourth-order valence-corrected chi connectivity index (χ4v) is 3.43. The van der Waals surface area contributed by atoms with Gasteiger partial charge < -0.3 is 15.2 Å². The van der Waals surface area contributed by atoms with E-state index in [1.807, 2.05) is 78.9 Å². The monoisotopic (exact) mass is 398 g/mol. The van der Waals surface area contributed by atoms with Gasteiger partial charge in [-0.3, -0.25) is 5.32 Å². The Morgan fingerprint density at radius 1 is 0.933 bits per heavy atom. The lowest BCUT2D eigenvalue weighted by Gasteiger charge is -2.17. The van der Waals surface area contributed by atoms with E-state index in [0.29, 0.717) is 17.1 Å². The van der Waals surface area contributed by atoms with Crippen molar-refractivity contribution in [2.75, 3.05) is 18.2 Å². The summed E-state index contributed by atoms with van der Waals surface area (Å²) in [4.78, 5) is 12.5. The van der Waals surface area contributed by atoms with Crippen LogP contribution < -0.4 is 15.8 Å². The molecule has 0 atom stereocenters. The second-order valence-corrected chi connectivity index (χ2v) is 6.85. The molecule has 0 saturated heterocycles. The van der Waals surface area contributed by atoms with Gasteiger partial charge in [0.2, 0.25) is 0 Å². The number of nitrogens with one attached hydrogen (secondary N) is 1. The Morgan fingerprint density at radius 3 is 2.47 bits per heavy atom. The molecule has 0 heterocycles. The smallest absolute Gasteiger partial charge is 0.411 e. The molecular weight excluding hydrogens is 376 g/mol. The molecule has 0 saturated carbocycles. The maximum Gasteiger partial charge on any atom is 0.411 e. The number of nitrogens with two attached hydrogens (primary N) is 1. The van der Waals surface area contributed by atoms with Crippen LogP contribution in [0.15, 0.2) is 84.9 Å². The maximum absolute atomic E-state index is 12.5. The van der Waals surface area contributed by atoms with E-state index >= 15 is 0 Å². The average molecular weight is 398 g/mol. The molecule has 5 heteroatoms. The summed E-state index contributed by atoms with van der Waals surface area (Å²) in [5.74, 6) is 0.674. The van der Waals surface area contributed by atoms with Crippen molar-refractivity contribution in [2.24, 2.45) is 0 Å². The molecule has 0 aromatic heterocycles. The van der Waals surface area contributed by atoms with Crippen LogP contribution in [0.4, 0.5) is 16.2 Å². The van der Waals surface area contributed by atoms with Crippen molar-refractivity contribution in [2.45, 2.75) is 6.61 Å². The van der Waals surface area contributed by atoms with Crippen LogP contribution in [0, 0.1) is 0 Å². The van der Waals surface area contributed by atoms with E-state index in [4.69, 9.17) is 15.2 Å². The summed E-state index contributed by atoms with van der Waals surface area (Å²) >= 11 is 0. The zero-order chi connectivity index (χ0) is 20.9. The largest absolute Gasteiger partial charge is 0.497 e. The Kier molecular flexibility index (Phi) is 5.52. The van der Waals surface area contributed by atoms with Crippen molar-refractivity contribution in [1.82, 2.24) is 0 Å². The molecule has 4 rings (SSSR count). The van der Waals surface area contributed by atoms with Gasteiger partial charge in [-0.25, -0.2) is 4.79 Å². The quantitative estimate of drug-likeness (QED) is 0.414. The zero-order valence-corrected chi connectivity index (χ0v) is 16.6. The molecule has 0 unspecified atom stereocenters. The van der Waals surface area contributed by atoms with Crippen LogP contribution in [0.5, 0.6) is 5.75 Å². The molecule has 3 N–H and O–H groups in total. The zero-order valence-electron chi connectivity index (χ0n) is 16.6. The van der Waals surface area contributed by atoms with Gasteiger partial charge >= 0.3 is 6.09 Å². The number of fused-ring (bicyclic) bond motifs is 1. The van der Waals surface area contributed by atoms with Crippen molar-refractivity contribution < 1.29 is 14.3 Å². The number of carbonyl (C=O) groups is 1. The number of carbonyl (C=O) groups excluding carboxylic acids is 1. The van der Waals surface area contributed by atoms with Crippen LogP contribution >= 0.6 is 0 Å². The SMILES string of the molecule is COc1ccc(-c2c(NC(=O)OCc3ccccc3)ccc3ccccc23)c(N)c1. The molecule has 0 bridgehead atoms. The van der Waals surface area contributed by atoms with Gasteiger partial charge in [0.15, 0.2) is 0 Å². The van der Waals surface area contributed by atoms with Crippen LogP contribution in [0.1, 0.15) is 5.56 Å². The minimum absolute atomic E-state index is 0.195. The second kappa shape index (κ2) is 8.57. The molecule has 30 heavy (non-hydrogen) atoms. The molecule has 1 amide bonds. The average Bonchev–Trinajstić information content (AvgIpc) is 2.78.